The lowest BCUT2D eigenvalue weighted by atomic mass is 10.1. The fourth-order valence-corrected chi connectivity index (χ4v) is 5.05. The molecule has 9 heteroatoms. The summed E-state index contributed by atoms with van der Waals surface area (Å²) in [4.78, 5) is 33.1. The lowest BCUT2D eigenvalue weighted by molar-refractivity contribution is -0.141. The van der Waals surface area contributed by atoms with Crippen molar-refractivity contribution in [2.24, 2.45) is 4.99 Å². The average molecular weight is 428 g/mol. The number of hydrogen-bond donors (Lipinski definition) is 3. The van der Waals surface area contributed by atoms with E-state index in [-0.39, 0.29) is 12.2 Å². The van der Waals surface area contributed by atoms with Gasteiger partial charge >= 0.3 is 5.97 Å². The van der Waals surface area contributed by atoms with Gasteiger partial charge in [0.15, 0.2) is 0 Å². The van der Waals surface area contributed by atoms with Crippen molar-refractivity contribution in [2.45, 2.75) is 18.5 Å². The van der Waals surface area contributed by atoms with Crippen molar-refractivity contribution >= 4 is 50.2 Å². The van der Waals surface area contributed by atoms with Crippen LogP contribution in [0.5, 0.6) is 5.75 Å². The Balaban J connectivity index is 1.47. The number of nitrogens with one attached hydrogen (secondary N) is 1. The number of aliphatic imine (C=N–C) groups is 1. The van der Waals surface area contributed by atoms with Gasteiger partial charge in [-0.2, -0.15) is 0 Å². The van der Waals surface area contributed by atoms with E-state index in [0.717, 1.165) is 15.8 Å². The van der Waals surface area contributed by atoms with Crippen LogP contribution in [-0.2, 0) is 16.0 Å². The molecule has 148 valence electrons. The SMILES string of the molecule is O=C(NC(Cc1ccccc1)C(=O)O)C1CSC(c2nc3ccc(O)cc3s2)=N1. The van der Waals surface area contributed by atoms with Crippen molar-refractivity contribution in [3.05, 3.63) is 59.1 Å². The van der Waals surface area contributed by atoms with Crippen molar-refractivity contribution in [3.63, 3.8) is 0 Å². The number of carbonyl (C=O) groups excluding carboxylic acids is 1. The molecule has 0 saturated heterocycles. The molecule has 2 unspecified atom stereocenters. The zero-order valence-corrected chi connectivity index (χ0v) is 16.7. The molecular weight excluding hydrogens is 410 g/mol. The monoisotopic (exact) mass is 427 g/mol. The first kappa shape index (κ1) is 19.4. The number of aliphatic carboxylic acids is 1. The quantitative estimate of drug-likeness (QED) is 0.558. The highest BCUT2D eigenvalue weighted by Crippen LogP contribution is 2.31. The number of hydrogen-bond acceptors (Lipinski definition) is 7. The fourth-order valence-electron chi connectivity index (χ4n) is 2.95. The zero-order chi connectivity index (χ0) is 20.4. The minimum atomic E-state index is -1.08. The highest BCUT2D eigenvalue weighted by Gasteiger charge is 2.30. The second kappa shape index (κ2) is 8.22. The summed E-state index contributed by atoms with van der Waals surface area (Å²) in [6, 6.07) is 12.4. The number of aromatic hydroxyl groups is 1. The standard InChI is InChI=1S/C20H17N3O4S2/c24-12-6-7-13-16(9-12)29-19(22-13)18-23-15(10-28-18)17(25)21-14(20(26)27)8-11-4-2-1-3-5-11/h1-7,9,14-15,24H,8,10H2,(H,21,25)(H,26,27). The molecule has 29 heavy (non-hydrogen) atoms. The third-order valence-electron chi connectivity index (χ3n) is 4.41. The maximum Gasteiger partial charge on any atom is 0.326 e. The van der Waals surface area contributed by atoms with Gasteiger partial charge < -0.3 is 15.5 Å². The van der Waals surface area contributed by atoms with Crippen LogP contribution in [0.2, 0.25) is 0 Å². The Morgan fingerprint density at radius 2 is 2.00 bits per heavy atom. The van der Waals surface area contributed by atoms with Crippen LogP contribution in [0.3, 0.4) is 0 Å². The van der Waals surface area contributed by atoms with Crippen LogP contribution in [0.1, 0.15) is 10.6 Å². The van der Waals surface area contributed by atoms with Gasteiger partial charge in [-0.15, -0.1) is 23.1 Å². The van der Waals surface area contributed by atoms with Crippen LogP contribution < -0.4 is 5.32 Å². The van der Waals surface area contributed by atoms with Gasteiger partial charge in [0.2, 0.25) is 5.91 Å². The van der Waals surface area contributed by atoms with Crippen molar-refractivity contribution < 1.29 is 19.8 Å². The molecule has 0 spiro atoms. The molecule has 3 aromatic rings. The summed E-state index contributed by atoms with van der Waals surface area (Å²) in [6.07, 6.45) is 0.208. The molecule has 2 aromatic carbocycles. The number of benzene rings is 2. The molecule has 0 fully saturated rings. The molecule has 1 aliphatic rings. The molecular formula is C20H17N3O4S2. The van der Waals surface area contributed by atoms with E-state index >= 15 is 0 Å². The number of aromatic nitrogens is 1. The Kier molecular flexibility index (Phi) is 5.50. The largest absolute Gasteiger partial charge is 0.508 e. The van der Waals surface area contributed by atoms with Crippen molar-refractivity contribution in [3.8, 4) is 5.75 Å². The Bertz CT molecular complexity index is 1100. The number of carboxylic acid groups (broad SMARTS) is 1. The predicted octanol–water partition coefficient (Wildman–Crippen LogP) is 2.68. The first-order valence-electron chi connectivity index (χ1n) is 8.87. The number of rotatable bonds is 6. The minimum Gasteiger partial charge on any atom is -0.508 e. The summed E-state index contributed by atoms with van der Waals surface area (Å²) in [6.45, 7) is 0. The van der Waals surface area contributed by atoms with E-state index in [2.05, 4.69) is 15.3 Å². The van der Waals surface area contributed by atoms with E-state index < -0.39 is 24.0 Å². The smallest absolute Gasteiger partial charge is 0.326 e. The van der Waals surface area contributed by atoms with Gasteiger partial charge in [-0.25, -0.2) is 9.78 Å². The molecule has 2 atom stereocenters. The molecule has 1 amide bonds. The Labute approximate surface area is 174 Å². The molecule has 0 saturated carbocycles. The van der Waals surface area contributed by atoms with Gasteiger partial charge in [0.05, 0.1) is 10.2 Å². The third kappa shape index (κ3) is 4.41. The first-order valence-corrected chi connectivity index (χ1v) is 10.7. The van der Waals surface area contributed by atoms with Crippen LogP contribution in [0, 0.1) is 0 Å². The number of amides is 1. The second-order valence-electron chi connectivity index (χ2n) is 6.52. The number of carbonyl (C=O) groups is 2. The van der Waals surface area contributed by atoms with E-state index in [4.69, 9.17) is 0 Å². The predicted molar refractivity (Wildman–Crippen MR) is 114 cm³/mol. The number of nitrogens with zero attached hydrogens (tertiary/aromatic N) is 2. The van der Waals surface area contributed by atoms with Crippen molar-refractivity contribution in [2.75, 3.05) is 5.75 Å². The Morgan fingerprint density at radius 3 is 2.76 bits per heavy atom. The molecule has 1 aliphatic heterocycles. The topological polar surface area (TPSA) is 112 Å². The Hall–Kier alpha value is -2.91. The number of thioether (sulfide) groups is 1. The summed E-state index contributed by atoms with van der Waals surface area (Å²) >= 11 is 2.81. The molecule has 4 rings (SSSR count). The summed E-state index contributed by atoms with van der Waals surface area (Å²) in [5.74, 6) is -0.887. The number of phenols is 1. The highest BCUT2D eigenvalue weighted by atomic mass is 32.2. The normalized spacial score (nSPS) is 17.1. The van der Waals surface area contributed by atoms with Gasteiger partial charge in [-0.1, -0.05) is 30.3 Å². The van der Waals surface area contributed by atoms with Crippen molar-refractivity contribution in [1.29, 1.82) is 0 Å². The van der Waals surface area contributed by atoms with Gasteiger partial charge in [-0.3, -0.25) is 9.79 Å². The van der Waals surface area contributed by atoms with E-state index in [0.29, 0.717) is 15.8 Å². The van der Waals surface area contributed by atoms with Gasteiger partial charge in [0, 0.05) is 12.2 Å². The van der Waals surface area contributed by atoms with Gasteiger partial charge in [-0.05, 0) is 23.8 Å². The summed E-state index contributed by atoms with van der Waals surface area (Å²) in [7, 11) is 0. The lowest BCUT2D eigenvalue weighted by Crippen LogP contribution is -2.46. The summed E-state index contributed by atoms with van der Waals surface area (Å²) in [5.41, 5.74) is 1.59. The zero-order valence-electron chi connectivity index (χ0n) is 15.1. The minimum absolute atomic E-state index is 0.170. The summed E-state index contributed by atoms with van der Waals surface area (Å²) < 4.78 is 0.838. The maximum atomic E-state index is 12.6. The second-order valence-corrected chi connectivity index (χ2v) is 8.56. The molecule has 0 radical (unpaired) electrons. The van der Waals surface area contributed by atoms with Gasteiger partial charge in [0.25, 0.3) is 0 Å². The van der Waals surface area contributed by atoms with E-state index in [9.17, 15) is 19.8 Å². The lowest BCUT2D eigenvalue weighted by Gasteiger charge is -2.16. The van der Waals surface area contributed by atoms with E-state index in [1.165, 1.54) is 23.1 Å². The third-order valence-corrected chi connectivity index (χ3v) is 6.61. The molecule has 1 aromatic heterocycles. The van der Waals surface area contributed by atoms with Crippen LogP contribution >= 0.6 is 23.1 Å². The molecule has 2 heterocycles. The van der Waals surface area contributed by atoms with Crippen LogP contribution in [0.15, 0.2) is 53.5 Å². The van der Waals surface area contributed by atoms with Crippen molar-refractivity contribution in [1.82, 2.24) is 10.3 Å². The molecule has 3 N–H and O–H groups in total. The summed E-state index contributed by atoms with van der Waals surface area (Å²) in [5, 5.41) is 23.0. The fraction of sp³-hybridized carbons (Fsp3) is 0.200. The average Bonchev–Trinajstić information content (AvgIpc) is 3.34. The van der Waals surface area contributed by atoms with Crippen LogP contribution in [0.4, 0.5) is 0 Å². The highest BCUT2D eigenvalue weighted by molar-refractivity contribution is 8.15. The molecule has 0 aliphatic carbocycles. The number of thiazole rings is 1. The Morgan fingerprint density at radius 1 is 1.21 bits per heavy atom. The van der Waals surface area contributed by atoms with Crippen LogP contribution in [0.25, 0.3) is 10.2 Å². The van der Waals surface area contributed by atoms with E-state index in [1.807, 2.05) is 30.3 Å². The molecule has 0 bridgehead atoms. The number of phenolic OH excluding ortho intramolecular Hbond substituents is 1. The number of fused-ring (bicyclic) bond motifs is 1. The van der Waals surface area contributed by atoms with E-state index in [1.54, 1.807) is 18.2 Å². The van der Waals surface area contributed by atoms with Gasteiger partial charge in [0.1, 0.15) is 27.9 Å². The number of carboxylic acids is 1. The molecule has 7 nitrogen and oxygen atoms in total. The van der Waals surface area contributed by atoms with Crippen LogP contribution in [-0.4, -0.2) is 50.0 Å². The first-order chi connectivity index (χ1) is 14.0. The maximum absolute atomic E-state index is 12.6.